The fraction of sp³-hybridized carbons (Fsp3) is 0.214. The van der Waals surface area contributed by atoms with Crippen molar-refractivity contribution in [1.82, 2.24) is 15.8 Å². The maximum Gasteiger partial charge on any atom is 0.244 e. The Bertz CT molecular complexity index is 654. The Hall–Kier alpha value is -1.99. The van der Waals surface area contributed by atoms with E-state index in [4.69, 9.17) is 12.2 Å². The molecule has 1 amide bonds. The third-order valence-electron chi connectivity index (χ3n) is 2.72. The van der Waals surface area contributed by atoms with Gasteiger partial charge in [0, 0.05) is 11.1 Å². The summed E-state index contributed by atoms with van der Waals surface area (Å²) in [6, 6.07) is 7.77. The predicted octanol–water partition coefficient (Wildman–Crippen LogP) is 2.32. The number of hydrogen-bond acceptors (Lipinski definition) is 4. The molecule has 2 aromatic rings. The van der Waals surface area contributed by atoms with Crippen LogP contribution in [-0.4, -0.2) is 16.0 Å². The molecule has 0 aliphatic rings. The number of hydrazine groups is 1. The fourth-order valence-electron chi connectivity index (χ4n) is 1.69. The number of para-hydroxylation sites is 1. The summed E-state index contributed by atoms with van der Waals surface area (Å²) >= 11 is 6.66. The molecule has 1 heterocycles. The van der Waals surface area contributed by atoms with Crippen molar-refractivity contribution in [2.75, 3.05) is 5.32 Å². The first-order valence-electron chi connectivity index (χ1n) is 6.37. The summed E-state index contributed by atoms with van der Waals surface area (Å²) in [7, 11) is 0. The summed E-state index contributed by atoms with van der Waals surface area (Å²) in [5.41, 5.74) is 7.97. The van der Waals surface area contributed by atoms with Crippen LogP contribution in [0.4, 0.5) is 5.69 Å². The molecule has 0 aliphatic heterocycles. The van der Waals surface area contributed by atoms with Gasteiger partial charge in [0.15, 0.2) is 5.11 Å². The molecular weight excluding hydrogens is 304 g/mol. The van der Waals surface area contributed by atoms with Gasteiger partial charge in [-0.2, -0.15) is 0 Å². The lowest BCUT2D eigenvalue weighted by Gasteiger charge is -2.12. The maximum absolute atomic E-state index is 11.7. The van der Waals surface area contributed by atoms with E-state index in [0.29, 0.717) is 5.11 Å². The lowest BCUT2D eigenvalue weighted by Crippen LogP contribution is -2.44. The molecule has 0 bridgehead atoms. The van der Waals surface area contributed by atoms with E-state index in [-0.39, 0.29) is 12.3 Å². The van der Waals surface area contributed by atoms with Crippen molar-refractivity contribution in [1.29, 1.82) is 0 Å². The molecule has 0 atom stereocenters. The first-order valence-corrected chi connectivity index (χ1v) is 7.66. The minimum Gasteiger partial charge on any atom is -0.331 e. The van der Waals surface area contributed by atoms with Gasteiger partial charge in [-0.05, 0) is 37.7 Å². The van der Waals surface area contributed by atoms with Gasteiger partial charge in [-0.3, -0.25) is 15.6 Å². The number of thiazole rings is 1. The Morgan fingerprint density at radius 3 is 2.71 bits per heavy atom. The number of amides is 1. The number of carbonyl (C=O) groups excluding carboxylic acids is 1. The zero-order valence-corrected chi connectivity index (χ0v) is 13.4. The van der Waals surface area contributed by atoms with Crippen LogP contribution in [0.2, 0.25) is 0 Å². The Morgan fingerprint density at radius 2 is 2.05 bits per heavy atom. The summed E-state index contributed by atoms with van der Waals surface area (Å²) in [6.07, 6.45) is 0.227. The van der Waals surface area contributed by atoms with E-state index in [9.17, 15) is 4.79 Å². The molecule has 1 aromatic heterocycles. The van der Waals surface area contributed by atoms with E-state index >= 15 is 0 Å². The zero-order valence-electron chi connectivity index (χ0n) is 11.8. The normalized spacial score (nSPS) is 10.0. The molecule has 0 unspecified atom stereocenters. The number of thiocarbonyl (C=S) groups is 1. The Kier molecular flexibility index (Phi) is 5.24. The second kappa shape index (κ2) is 7.14. The lowest BCUT2D eigenvalue weighted by molar-refractivity contribution is -0.121. The van der Waals surface area contributed by atoms with Gasteiger partial charge in [0.1, 0.15) is 0 Å². The zero-order chi connectivity index (χ0) is 15.2. The van der Waals surface area contributed by atoms with Gasteiger partial charge in [-0.25, -0.2) is 4.98 Å². The van der Waals surface area contributed by atoms with E-state index in [1.807, 2.05) is 43.5 Å². The van der Waals surface area contributed by atoms with Gasteiger partial charge >= 0.3 is 0 Å². The molecule has 0 saturated heterocycles. The number of nitrogens with one attached hydrogen (secondary N) is 3. The van der Waals surface area contributed by atoms with Gasteiger partial charge in [0.05, 0.1) is 17.1 Å². The van der Waals surface area contributed by atoms with Crippen LogP contribution in [0.25, 0.3) is 0 Å². The van der Waals surface area contributed by atoms with Crippen molar-refractivity contribution in [3.8, 4) is 0 Å². The van der Waals surface area contributed by atoms with Crippen LogP contribution >= 0.6 is 23.6 Å². The summed E-state index contributed by atoms with van der Waals surface area (Å²) in [5.74, 6) is -0.186. The second-order valence-corrected chi connectivity index (χ2v) is 5.95. The Morgan fingerprint density at radius 1 is 1.29 bits per heavy atom. The predicted molar refractivity (Wildman–Crippen MR) is 89.2 cm³/mol. The highest BCUT2D eigenvalue weighted by Crippen LogP contribution is 2.12. The molecule has 0 saturated carbocycles. The minimum absolute atomic E-state index is 0.186. The highest BCUT2D eigenvalue weighted by Gasteiger charge is 2.07. The summed E-state index contributed by atoms with van der Waals surface area (Å²) in [4.78, 5) is 16.0. The first kappa shape index (κ1) is 15.4. The van der Waals surface area contributed by atoms with Crippen molar-refractivity contribution < 1.29 is 4.79 Å². The second-order valence-electron chi connectivity index (χ2n) is 4.48. The number of carbonyl (C=O) groups is 1. The molecule has 21 heavy (non-hydrogen) atoms. The van der Waals surface area contributed by atoms with Crippen molar-refractivity contribution in [3.63, 3.8) is 0 Å². The molecule has 110 valence electrons. The smallest absolute Gasteiger partial charge is 0.244 e. The van der Waals surface area contributed by atoms with Gasteiger partial charge < -0.3 is 5.32 Å². The Balaban J connectivity index is 1.78. The molecule has 3 N–H and O–H groups in total. The van der Waals surface area contributed by atoms with Gasteiger partial charge in [-0.15, -0.1) is 11.3 Å². The number of aryl methyl sites for hydroxylation is 2. The molecule has 0 radical (unpaired) electrons. The van der Waals surface area contributed by atoms with E-state index < -0.39 is 0 Å². The van der Waals surface area contributed by atoms with Crippen molar-refractivity contribution in [2.45, 2.75) is 20.3 Å². The van der Waals surface area contributed by atoms with Crippen molar-refractivity contribution in [2.24, 2.45) is 0 Å². The monoisotopic (exact) mass is 320 g/mol. The van der Waals surface area contributed by atoms with Crippen molar-refractivity contribution in [3.05, 3.63) is 45.9 Å². The van der Waals surface area contributed by atoms with Gasteiger partial charge in [0.25, 0.3) is 0 Å². The van der Waals surface area contributed by atoms with Crippen LogP contribution in [0, 0.1) is 13.8 Å². The number of rotatable bonds is 3. The van der Waals surface area contributed by atoms with Crippen LogP contribution in [0.5, 0.6) is 0 Å². The number of nitrogens with zero attached hydrogens (tertiary/aromatic N) is 1. The molecule has 0 aliphatic carbocycles. The number of benzene rings is 1. The quantitative estimate of drug-likeness (QED) is 0.598. The summed E-state index contributed by atoms with van der Waals surface area (Å²) in [6.45, 7) is 3.89. The van der Waals surface area contributed by atoms with Crippen LogP contribution in [0.3, 0.4) is 0 Å². The van der Waals surface area contributed by atoms with Crippen LogP contribution in [-0.2, 0) is 11.2 Å². The topological polar surface area (TPSA) is 66.0 Å². The third-order valence-corrected chi connectivity index (χ3v) is 3.74. The maximum atomic E-state index is 11.7. The number of anilines is 1. The number of aromatic nitrogens is 1. The van der Waals surface area contributed by atoms with Crippen molar-refractivity contribution >= 4 is 40.3 Å². The van der Waals surface area contributed by atoms with Crippen LogP contribution < -0.4 is 16.2 Å². The molecule has 0 spiro atoms. The van der Waals surface area contributed by atoms with Crippen LogP contribution in [0.15, 0.2) is 29.6 Å². The van der Waals surface area contributed by atoms with E-state index in [2.05, 4.69) is 21.2 Å². The molecule has 2 rings (SSSR count). The molecule has 5 nitrogen and oxygen atoms in total. The van der Waals surface area contributed by atoms with Gasteiger partial charge in [-0.1, -0.05) is 18.2 Å². The SMILES string of the molecule is Cc1nc(CC(=O)NNC(=S)Nc2ccccc2C)cs1. The minimum atomic E-state index is -0.186. The highest BCUT2D eigenvalue weighted by molar-refractivity contribution is 7.80. The lowest BCUT2D eigenvalue weighted by atomic mass is 10.2. The van der Waals surface area contributed by atoms with Gasteiger partial charge in [0.2, 0.25) is 5.91 Å². The highest BCUT2D eigenvalue weighted by atomic mass is 32.1. The van der Waals surface area contributed by atoms with E-state index in [0.717, 1.165) is 22.0 Å². The summed E-state index contributed by atoms with van der Waals surface area (Å²) < 4.78 is 0. The van der Waals surface area contributed by atoms with E-state index in [1.165, 1.54) is 11.3 Å². The third kappa shape index (κ3) is 4.80. The Labute approximate surface area is 132 Å². The average Bonchev–Trinajstić information content (AvgIpc) is 2.84. The average molecular weight is 320 g/mol. The standard InChI is InChI=1S/C14H16N4OS2/c1-9-5-3-4-6-12(9)16-14(20)18-17-13(19)7-11-8-21-10(2)15-11/h3-6,8H,7H2,1-2H3,(H,17,19)(H2,16,18,20). The molecular formula is C14H16N4OS2. The molecule has 1 aromatic carbocycles. The van der Waals surface area contributed by atoms with Crippen LogP contribution in [0.1, 0.15) is 16.3 Å². The largest absolute Gasteiger partial charge is 0.331 e. The first-order chi connectivity index (χ1) is 10.0. The number of hydrogen-bond donors (Lipinski definition) is 3. The van der Waals surface area contributed by atoms with E-state index in [1.54, 1.807) is 0 Å². The summed E-state index contributed by atoms with van der Waals surface area (Å²) in [5, 5.41) is 6.19. The fourth-order valence-corrected chi connectivity index (χ4v) is 2.46. The molecule has 7 heteroatoms. The molecule has 0 fully saturated rings.